The second kappa shape index (κ2) is 9.84. The molecule has 1 aliphatic rings. The van der Waals surface area contributed by atoms with Gasteiger partial charge < -0.3 is 11.1 Å². The molecule has 3 nitrogen and oxygen atoms in total. The monoisotopic (exact) mass is 384 g/mol. The lowest BCUT2D eigenvalue weighted by Gasteiger charge is -2.33. The summed E-state index contributed by atoms with van der Waals surface area (Å²) in [6.07, 6.45) is 16.7. The maximum Gasteiger partial charge on any atom is 0.248 e. The molecule has 0 fully saturated rings. The van der Waals surface area contributed by atoms with Gasteiger partial charge in [-0.25, -0.2) is 0 Å². The summed E-state index contributed by atoms with van der Waals surface area (Å²) in [5.74, 6) is -0.307. The first-order valence-corrected chi connectivity index (χ1v) is 10.7. The SMILES string of the molecule is CCCCCCc1csc(/C=C/C(=N)C(C)(C)C2C=C(C(N)=O)C=CC2)c1. The summed E-state index contributed by atoms with van der Waals surface area (Å²) in [4.78, 5) is 12.7. The van der Waals surface area contributed by atoms with Crippen molar-refractivity contribution in [2.75, 3.05) is 0 Å². The van der Waals surface area contributed by atoms with Crippen LogP contribution in [0, 0.1) is 16.7 Å². The molecule has 1 amide bonds. The molecule has 0 bridgehead atoms. The van der Waals surface area contributed by atoms with Gasteiger partial charge in [-0.15, -0.1) is 11.3 Å². The molecule has 0 radical (unpaired) electrons. The van der Waals surface area contributed by atoms with Crippen LogP contribution in [0.25, 0.3) is 6.08 Å². The fourth-order valence-corrected chi connectivity index (χ4v) is 4.14. The predicted molar refractivity (Wildman–Crippen MR) is 117 cm³/mol. The molecule has 1 heterocycles. The lowest BCUT2D eigenvalue weighted by atomic mass is 9.71. The highest BCUT2D eigenvalue weighted by Crippen LogP contribution is 2.36. The van der Waals surface area contributed by atoms with Crippen LogP contribution in [0.4, 0.5) is 0 Å². The Kier molecular flexibility index (Phi) is 7.78. The zero-order chi connectivity index (χ0) is 19.9. The number of primary amides is 1. The minimum absolute atomic E-state index is 0.0969. The summed E-state index contributed by atoms with van der Waals surface area (Å²) in [5, 5.41) is 10.8. The quantitative estimate of drug-likeness (QED) is 0.382. The van der Waals surface area contributed by atoms with Crippen molar-refractivity contribution in [1.29, 1.82) is 5.41 Å². The maximum atomic E-state index is 11.5. The third kappa shape index (κ3) is 6.03. The highest BCUT2D eigenvalue weighted by Gasteiger charge is 2.32. The topological polar surface area (TPSA) is 66.9 Å². The summed E-state index contributed by atoms with van der Waals surface area (Å²) in [5.41, 5.74) is 7.56. The first-order chi connectivity index (χ1) is 12.8. The van der Waals surface area contributed by atoms with Crippen molar-refractivity contribution in [1.82, 2.24) is 0 Å². The van der Waals surface area contributed by atoms with Gasteiger partial charge in [0.05, 0.1) is 0 Å². The van der Waals surface area contributed by atoms with Crippen molar-refractivity contribution in [2.24, 2.45) is 17.1 Å². The fraction of sp³-hybridized carbons (Fsp3) is 0.478. The van der Waals surface area contributed by atoms with E-state index >= 15 is 0 Å². The Morgan fingerprint density at radius 2 is 2.15 bits per heavy atom. The van der Waals surface area contributed by atoms with Crippen LogP contribution < -0.4 is 5.73 Å². The number of nitrogens with one attached hydrogen (secondary N) is 1. The molecule has 27 heavy (non-hydrogen) atoms. The number of allylic oxidation sites excluding steroid dienone is 3. The zero-order valence-corrected chi connectivity index (χ0v) is 17.6. The summed E-state index contributed by atoms with van der Waals surface area (Å²) < 4.78 is 0. The molecule has 0 aromatic carbocycles. The minimum Gasteiger partial charge on any atom is -0.366 e. The van der Waals surface area contributed by atoms with E-state index in [1.54, 1.807) is 17.4 Å². The van der Waals surface area contributed by atoms with Gasteiger partial charge in [0.25, 0.3) is 0 Å². The molecule has 1 aromatic rings. The number of unbranched alkanes of at least 4 members (excludes halogenated alkanes) is 3. The maximum absolute atomic E-state index is 11.5. The van der Waals surface area contributed by atoms with Crippen LogP contribution in [-0.4, -0.2) is 11.6 Å². The molecule has 2 rings (SSSR count). The van der Waals surface area contributed by atoms with Crippen molar-refractivity contribution in [3.63, 3.8) is 0 Å². The highest BCUT2D eigenvalue weighted by molar-refractivity contribution is 7.11. The lowest BCUT2D eigenvalue weighted by molar-refractivity contribution is -0.114. The molecule has 146 valence electrons. The van der Waals surface area contributed by atoms with Crippen LogP contribution in [0.1, 0.15) is 63.3 Å². The first kappa shape index (κ1) is 21.4. The van der Waals surface area contributed by atoms with Crippen LogP contribution in [0.2, 0.25) is 0 Å². The van der Waals surface area contributed by atoms with Crippen LogP contribution in [0.3, 0.4) is 0 Å². The number of amides is 1. The standard InChI is InChI=1S/C23H32N2OS/c1-4-5-6-7-9-17-14-20(27-16-17)12-13-21(24)23(2,3)19-11-8-10-18(15-19)22(25)26/h8,10,12-16,19,24H,4-7,9,11H2,1-3H3,(H2,25,26)/b13-12+,24-21?. The number of carbonyl (C=O) groups is 1. The van der Waals surface area contributed by atoms with E-state index in [2.05, 4.69) is 32.2 Å². The Balaban J connectivity index is 1.98. The van der Waals surface area contributed by atoms with Gasteiger partial charge in [0.15, 0.2) is 0 Å². The summed E-state index contributed by atoms with van der Waals surface area (Å²) >= 11 is 1.74. The minimum atomic E-state index is -0.404. The first-order valence-electron chi connectivity index (χ1n) is 9.87. The average Bonchev–Trinajstić information content (AvgIpc) is 3.11. The van der Waals surface area contributed by atoms with Crippen LogP contribution in [-0.2, 0) is 11.2 Å². The van der Waals surface area contributed by atoms with Gasteiger partial charge >= 0.3 is 0 Å². The molecular weight excluding hydrogens is 352 g/mol. The van der Waals surface area contributed by atoms with Gasteiger partial charge in [-0.3, -0.25) is 4.79 Å². The molecule has 1 aliphatic carbocycles. The number of aryl methyl sites for hydroxylation is 1. The third-order valence-corrected chi connectivity index (χ3v) is 6.33. The van der Waals surface area contributed by atoms with Crippen LogP contribution >= 0.6 is 11.3 Å². The van der Waals surface area contributed by atoms with Crippen molar-refractivity contribution >= 4 is 29.0 Å². The third-order valence-electron chi connectivity index (χ3n) is 5.38. The number of thiophene rings is 1. The number of carbonyl (C=O) groups excluding carboxylic acids is 1. The number of nitrogens with two attached hydrogens (primary N) is 1. The van der Waals surface area contributed by atoms with Crippen molar-refractivity contribution in [3.8, 4) is 0 Å². The van der Waals surface area contributed by atoms with Gasteiger partial charge in [-0.1, -0.05) is 58.3 Å². The van der Waals surface area contributed by atoms with E-state index in [-0.39, 0.29) is 11.3 Å². The largest absolute Gasteiger partial charge is 0.366 e. The van der Waals surface area contributed by atoms with Crippen LogP contribution in [0.15, 0.2) is 41.3 Å². The van der Waals surface area contributed by atoms with Crippen LogP contribution in [0.5, 0.6) is 0 Å². The molecule has 1 unspecified atom stereocenters. The van der Waals surface area contributed by atoms with Crippen molar-refractivity contribution in [3.05, 3.63) is 51.8 Å². The molecule has 4 heteroatoms. The van der Waals surface area contributed by atoms with E-state index in [0.717, 1.165) is 12.8 Å². The van der Waals surface area contributed by atoms with Gasteiger partial charge in [0.2, 0.25) is 5.91 Å². The molecule has 1 atom stereocenters. The van der Waals surface area contributed by atoms with Crippen molar-refractivity contribution < 1.29 is 4.79 Å². The van der Waals surface area contributed by atoms with Gasteiger partial charge in [0.1, 0.15) is 0 Å². The molecule has 0 spiro atoms. The van der Waals surface area contributed by atoms with Gasteiger partial charge in [-0.2, -0.15) is 0 Å². The molecule has 0 saturated carbocycles. The van der Waals surface area contributed by atoms with E-state index in [9.17, 15) is 4.79 Å². The van der Waals surface area contributed by atoms with E-state index in [0.29, 0.717) is 11.3 Å². The second-order valence-corrected chi connectivity index (χ2v) is 8.81. The predicted octanol–water partition coefficient (Wildman–Crippen LogP) is 5.92. The molecule has 3 N–H and O–H groups in total. The number of rotatable bonds is 10. The van der Waals surface area contributed by atoms with Crippen molar-refractivity contribution in [2.45, 2.75) is 59.3 Å². The molecule has 0 aliphatic heterocycles. The Bertz CT molecular complexity index is 752. The van der Waals surface area contributed by atoms with Gasteiger partial charge in [0, 0.05) is 21.6 Å². The summed E-state index contributed by atoms with van der Waals surface area (Å²) in [6.45, 7) is 6.36. The smallest absolute Gasteiger partial charge is 0.248 e. The Morgan fingerprint density at radius 3 is 2.85 bits per heavy atom. The molecule has 1 aromatic heterocycles. The van der Waals surface area contributed by atoms with Gasteiger partial charge in [-0.05, 0) is 54.3 Å². The average molecular weight is 385 g/mol. The molecular formula is C23H32N2OS. The summed E-state index contributed by atoms with van der Waals surface area (Å²) in [7, 11) is 0. The Morgan fingerprint density at radius 1 is 1.37 bits per heavy atom. The van der Waals surface area contributed by atoms with E-state index < -0.39 is 5.91 Å². The highest BCUT2D eigenvalue weighted by atomic mass is 32.1. The lowest BCUT2D eigenvalue weighted by Crippen LogP contribution is -2.32. The number of hydrogen-bond donors (Lipinski definition) is 2. The van der Waals surface area contributed by atoms with E-state index in [1.807, 2.05) is 24.3 Å². The van der Waals surface area contributed by atoms with E-state index in [1.165, 1.54) is 36.1 Å². The normalized spacial score (nSPS) is 17.3. The van der Waals surface area contributed by atoms with E-state index in [4.69, 9.17) is 11.1 Å². The summed E-state index contributed by atoms with van der Waals surface area (Å²) in [6, 6.07) is 2.24. The Hall–Kier alpha value is -1.94. The second-order valence-electron chi connectivity index (χ2n) is 7.87. The number of hydrogen-bond acceptors (Lipinski definition) is 3. The zero-order valence-electron chi connectivity index (χ0n) is 16.8. The Labute approximate surface area is 167 Å². The fourth-order valence-electron chi connectivity index (χ4n) is 3.30. The molecule has 0 saturated heterocycles.